The minimum Gasteiger partial charge on any atom is -0.351 e. The van der Waals surface area contributed by atoms with E-state index < -0.39 is 5.72 Å². The quantitative estimate of drug-likeness (QED) is 0.783. The normalized spacial score (nSPS) is 44.5. The summed E-state index contributed by atoms with van der Waals surface area (Å²) in [4.78, 5) is 15.2. The van der Waals surface area contributed by atoms with Gasteiger partial charge in [-0.2, -0.15) is 0 Å². The summed E-state index contributed by atoms with van der Waals surface area (Å²) in [5.41, 5.74) is 0.521. The summed E-state index contributed by atoms with van der Waals surface area (Å²) in [5.74, 6) is 2.29. The van der Waals surface area contributed by atoms with Crippen LogP contribution in [0.2, 0.25) is 5.02 Å². The monoisotopic (exact) mass is 331 g/mol. The van der Waals surface area contributed by atoms with Gasteiger partial charge in [-0.15, -0.1) is 0 Å². The summed E-state index contributed by atoms with van der Waals surface area (Å²) >= 11 is 6.07. The van der Waals surface area contributed by atoms with E-state index in [0.717, 1.165) is 29.5 Å². The predicted molar refractivity (Wildman–Crippen MR) is 87.8 cm³/mol. The zero-order valence-corrected chi connectivity index (χ0v) is 14.1. The van der Waals surface area contributed by atoms with E-state index in [-0.39, 0.29) is 11.8 Å². The van der Waals surface area contributed by atoms with Crippen molar-refractivity contribution in [1.29, 1.82) is 0 Å². The molecule has 4 aliphatic rings. The molecule has 0 unspecified atom stereocenters. The van der Waals surface area contributed by atoms with Crippen molar-refractivity contribution < 1.29 is 9.53 Å². The van der Waals surface area contributed by atoms with Gasteiger partial charge in [-0.3, -0.25) is 4.79 Å². The highest BCUT2D eigenvalue weighted by molar-refractivity contribution is 6.30. The molecule has 4 heteroatoms. The van der Waals surface area contributed by atoms with Crippen molar-refractivity contribution in [3.63, 3.8) is 0 Å². The third-order valence-corrected chi connectivity index (χ3v) is 7.03. The minimum absolute atomic E-state index is 0.0311. The molecule has 122 valence electrons. The van der Waals surface area contributed by atoms with Crippen LogP contribution in [0.15, 0.2) is 24.3 Å². The van der Waals surface area contributed by atoms with Crippen molar-refractivity contribution in [1.82, 2.24) is 4.90 Å². The number of rotatable bonds is 1. The van der Waals surface area contributed by atoms with Gasteiger partial charge in [0, 0.05) is 34.9 Å². The Hall–Kier alpha value is -1.06. The Kier molecular flexibility index (Phi) is 2.94. The predicted octanol–water partition coefficient (Wildman–Crippen LogP) is 3.81. The van der Waals surface area contributed by atoms with Gasteiger partial charge in [-0.05, 0) is 43.2 Å². The van der Waals surface area contributed by atoms with Crippen molar-refractivity contribution >= 4 is 17.5 Å². The fourth-order valence-electron chi connectivity index (χ4n) is 5.83. The lowest BCUT2D eigenvalue weighted by Crippen LogP contribution is -2.60. The highest BCUT2D eigenvalue weighted by atomic mass is 35.5. The first kappa shape index (κ1) is 14.3. The molecule has 0 N–H and O–H groups in total. The zero-order valence-electron chi connectivity index (χ0n) is 13.4. The number of hydrogen-bond acceptors (Lipinski definition) is 2. The number of ether oxygens (including phenoxy) is 1. The molecule has 3 nitrogen and oxygen atoms in total. The summed E-state index contributed by atoms with van der Waals surface area (Å²) in [6.07, 6.45) is 4.64. The van der Waals surface area contributed by atoms with E-state index in [0.29, 0.717) is 17.9 Å². The van der Waals surface area contributed by atoms with Crippen LogP contribution in [0.4, 0.5) is 0 Å². The van der Waals surface area contributed by atoms with Crippen LogP contribution in [0.1, 0.15) is 38.2 Å². The lowest BCUT2D eigenvalue weighted by atomic mass is 9.81. The van der Waals surface area contributed by atoms with Crippen molar-refractivity contribution in [2.24, 2.45) is 23.7 Å². The number of fused-ring (bicyclic) bond motifs is 7. The first-order chi connectivity index (χ1) is 11.1. The average Bonchev–Trinajstić information content (AvgIpc) is 3.22. The van der Waals surface area contributed by atoms with E-state index in [1.54, 1.807) is 0 Å². The van der Waals surface area contributed by atoms with E-state index in [2.05, 4.69) is 4.90 Å². The van der Waals surface area contributed by atoms with Gasteiger partial charge in [0.15, 0.2) is 5.72 Å². The van der Waals surface area contributed by atoms with Crippen LogP contribution >= 0.6 is 11.6 Å². The molecule has 2 bridgehead atoms. The second-order valence-corrected chi connectivity index (χ2v) is 8.34. The molecule has 0 spiro atoms. The minimum atomic E-state index is -0.563. The summed E-state index contributed by atoms with van der Waals surface area (Å²) in [6.45, 7) is 2.84. The second-order valence-electron chi connectivity index (χ2n) is 7.90. The molecular formula is C19H22ClNO2. The van der Waals surface area contributed by atoms with Gasteiger partial charge in [-0.25, -0.2) is 0 Å². The third-order valence-electron chi connectivity index (χ3n) is 6.78. The molecule has 0 aromatic heterocycles. The first-order valence-electron chi connectivity index (χ1n) is 8.83. The number of hydrogen-bond donors (Lipinski definition) is 0. The number of amides is 1. The van der Waals surface area contributed by atoms with E-state index >= 15 is 0 Å². The Labute approximate surface area is 141 Å². The lowest BCUT2D eigenvalue weighted by Gasteiger charge is -2.52. The highest BCUT2D eigenvalue weighted by Crippen LogP contribution is 2.59. The maximum absolute atomic E-state index is 13.0. The molecule has 23 heavy (non-hydrogen) atoms. The average molecular weight is 332 g/mol. The smallest absolute Gasteiger partial charge is 0.228 e. The molecular weight excluding hydrogens is 310 g/mol. The Balaban J connectivity index is 1.62. The molecule has 4 fully saturated rings. The van der Waals surface area contributed by atoms with Crippen LogP contribution < -0.4 is 0 Å². The standard InChI is InChI=1S/C19H22ClNO2/c1-11-9-19(14-4-6-15(20)7-5-14)21(18(11)22)17-13-3-2-12(8-13)16(17)10-23-19/h4-7,11-13,16-17H,2-3,8-10H2,1H3/t11-,12-,13+,16+,17+,19-/m0/s1. The van der Waals surface area contributed by atoms with Gasteiger partial charge >= 0.3 is 0 Å². The van der Waals surface area contributed by atoms with E-state index in [9.17, 15) is 4.79 Å². The molecule has 5 rings (SSSR count). The largest absolute Gasteiger partial charge is 0.351 e. The third kappa shape index (κ3) is 1.78. The van der Waals surface area contributed by atoms with Crippen molar-refractivity contribution in [3.8, 4) is 0 Å². The Morgan fingerprint density at radius 3 is 2.74 bits per heavy atom. The van der Waals surface area contributed by atoms with Crippen LogP contribution in [0, 0.1) is 23.7 Å². The maximum atomic E-state index is 13.0. The number of benzene rings is 1. The number of halogens is 1. The van der Waals surface area contributed by atoms with E-state index in [1.807, 2.05) is 31.2 Å². The van der Waals surface area contributed by atoms with E-state index in [1.165, 1.54) is 19.3 Å². The molecule has 1 amide bonds. The highest BCUT2D eigenvalue weighted by Gasteiger charge is 2.63. The first-order valence-corrected chi connectivity index (χ1v) is 9.21. The lowest BCUT2D eigenvalue weighted by molar-refractivity contribution is -0.223. The summed E-state index contributed by atoms with van der Waals surface area (Å²) in [7, 11) is 0. The fraction of sp³-hybridized carbons (Fsp3) is 0.632. The van der Waals surface area contributed by atoms with Gasteiger partial charge in [0.2, 0.25) is 5.91 Å². The molecule has 1 aromatic carbocycles. The van der Waals surface area contributed by atoms with Gasteiger partial charge in [0.1, 0.15) is 0 Å². The molecule has 2 aliphatic heterocycles. The molecule has 0 radical (unpaired) electrons. The molecule has 2 saturated carbocycles. The molecule has 6 atom stereocenters. The molecule has 1 aromatic rings. The van der Waals surface area contributed by atoms with Gasteiger partial charge in [0.05, 0.1) is 6.61 Å². The van der Waals surface area contributed by atoms with Crippen LogP contribution in [-0.4, -0.2) is 23.5 Å². The van der Waals surface area contributed by atoms with Crippen LogP contribution in [0.5, 0.6) is 0 Å². The Bertz CT molecular complexity index is 660. The van der Waals surface area contributed by atoms with Gasteiger partial charge < -0.3 is 9.64 Å². The maximum Gasteiger partial charge on any atom is 0.228 e. The van der Waals surface area contributed by atoms with Crippen molar-refractivity contribution in [3.05, 3.63) is 34.9 Å². The van der Waals surface area contributed by atoms with Gasteiger partial charge in [-0.1, -0.05) is 30.7 Å². The molecule has 2 aliphatic carbocycles. The van der Waals surface area contributed by atoms with Gasteiger partial charge in [0.25, 0.3) is 0 Å². The van der Waals surface area contributed by atoms with Crippen LogP contribution in [0.25, 0.3) is 0 Å². The van der Waals surface area contributed by atoms with Crippen molar-refractivity contribution in [2.45, 2.75) is 44.4 Å². The topological polar surface area (TPSA) is 29.5 Å². The number of carbonyl (C=O) groups excluding carboxylic acids is 1. The number of carbonyl (C=O) groups is 1. The second kappa shape index (κ2) is 4.73. The summed E-state index contributed by atoms with van der Waals surface area (Å²) in [6, 6.07) is 8.28. The van der Waals surface area contributed by atoms with Crippen LogP contribution in [0.3, 0.4) is 0 Å². The molecule has 2 heterocycles. The molecule has 2 saturated heterocycles. The zero-order chi connectivity index (χ0) is 15.8. The number of nitrogens with zero attached hydrogens (tertiary/aromatic N) is 1. The van der Waals surface area contributed by atoms with Crippen LogP contribution in [-0.2, 0) is 15.3 Å². The van der Waals surface area contributed by atoms with E-state index in [4.69, 9.17) is 16.3 Å². The SMILES string of the molecule is C[C@H]1C[C@@]2(c3ccc(Cl)cc3)OC[C@@H]3[C@H]4CC[C@H](C4)[C@H]3N2C1=O. The Morgan fingerprint density at radius 1 is 1.22 bits per heavy atom. The Morgan fingerprint density at radius 2 is 1.96 bits per heavy atom. The summed E-state index contributed by atoms with van der Waals surface area (Å²) < 4.78 is 6.48. The fourth-order valence-corrected chi connectivity index (χ4v) is 5.96. The van der Waals surface area contributed by atoms with Crippen molar-refractivity contribution in [2.75, 3.05) is 6.61 Å². The summed E-state index contributed by atoms with van der Waals surface area (Å²) in [5, 5.41) is 0.725.